The highest BCUT2D eigenvalue weighted by molar-refractivity contribution is 5.30. The Hall–Kier alpha value is -2.37. The maximum atomic E-state index is 13.2. The number of ether oxygens (including phenoxy) is 2. The van der Waals surface area contributed by atoms with Crippen molar-refractivity contribution in [3.05, 3.63) is 51.9 Å². The maximum absolute atomic E-state index is 13.2. The quantitative estimate of drug-likeness (QED) is 0.700. The van der Waals surface area contributed by atoms with Crippen LogP contribution >= 0.6 is 0 Å². The Bertz CT molecular complexity index is 949. The summed E-state index contributed by atoms with van der Waals surface area (Å²) in [4.78, 5) is 15.4. The van der Waals surface area contributed by atoms with Crippen LogP contribution in [0.5, 0.6) is 11.8 Å². The van der Waals surface area contributed by atoms with Crippen LogP contribution in [-0.2, 0) is 13.2 Å². The van der Waals surface area contributed by atoms with E-state index >= 15 is 0 Å². The molecule has 1 aliphatic carbocycles. The van der Waals surface area contributed by atoms with Crippen LogP contribution in [0.4, 0.5) is 4.39 Å². The zero-order valence-electron chi connectivity index (χ0n) is 18.3. The molecule has 0 amide bonds. The Morgan fingerprint density at radius 1 is 1.17 bits per heavy atom. The number of hydrogen-bond acceptors (Lipinski definition) is 4. The third-order valence-corrected chi connectivity index (χ3v) is 6.21. The van der Waals surface area contributed by atoms with E-state index in [0.29, 0.717) is 29.9 Å². The van der Waals surface area contributed by atoms with E-state index in [-0.39, 0.29) is 17.8 Å². The summed E-state index contributed by atoms with van der Waals surface area (Å²) < 4.78 is 26.3. The number of fused-ring (bicyclic) bond motifs is 1. The highest BCUT2D eigenvalue weighted by Gasteiger charge is 2.38. The molecule has 1 fully saturated rings. The van der Waals surface area contributed by atoms with Crippen molar-refractivity contribution >= 4 is 0 Å². The first-order valence-corrected chi connectivity index (χ1v) is 10.7. The normalized spacial score (nSPS) is 22.4. The minimum absolute atomic E-state index is 0.168. The molecular formula is C24H31FN2O3. The molecule has 4 rings (SSSR count). The van der Waals surface area contributed by atoms with E-state index in [1.807, 2.05) is 12.1 Å². The van der Waals surface area contributed by atoms with Crippen LogP contribution in [0.15, 0.2) is 35.1 Å². The second kappa shape index (κ2) is 7.71. The van der Waals surface area contributed by atoms with Crippen molar-refractivity contribution in [2.24, 2.45) is 10.8 Å². The number of halogens is 1. The molecule has 2 aliphatic rings. The first kappa shape index (κ1) is 20.9. The average molecular weight is 415 g/mol. The fourth-order valence-electron chi connectivity index (χ4n) is 5.51. The molecule has 0 bridgehead atoms. The first-order chi connectivity index (χ1) is 14.1. The average Bonchev–Trinajstić information content (AvgIpc) is 3.06. The van der Waals surface area contributed by atoms with Crippen molar-refractivity contribution in [2.75, 3.05) is 6.61 Å². The predicted octanol–water partition coefficient (Wildman–Crippen LogP) is 4.87. The number of benzene rings is 1. The van der Waals surface area contributed by atoms with Crippen molar-refractivity contribution in [3.8, 4) is 11.8 Å². The monoisotopic (exact) mass is 414 g/mol. The summed E-state index contributed by atoms with van der Waals surface area (Å²) in [5, 5.41) is 0. The summed E-state index contributed by atoms with van der Waals surface area (Å²) in [6.07, 6.45) is 3.36. The van der Waals surface area contributed by atoms with Gasteiger partial charge in [-0.3, -0.25) is 9.36 Å². The van der Waals surface area contributed by atoms with Crippen LogP contribution in [0.3, 0.4) is 0 Å². The number of alkyl halides is 1. The van der Waals surface area contributed by atoms with Gasteiger partial charge in [-0.1, -0.05) is 39.8 Å². The molecule has 0 spiro atoms. The fraction of sp³-hybridized carbons (Fsp3) is 0.583. The summed E-state index contributed by atoms with van der Waals surface area (Å²) in [7, 11) is 0. The van der Waals surface area contributed by atoms with Crippen LogP contribution in [0, 0.1) is 10.8 Å². The van der Waals surface area contributed by atoms with E-state index in [0.717, 1.165) is 5.75 Å². The minimum Gasteiger partial charge on any atom is -0.490 e. The van der Waals surface area contributed by atoms with Gasteiger partial charge in [-0.05, 0) is 53.7 Å². The number of aromatic nitrogens is 2. The summed E-state index contributed by atoms with van der Waals surface area (Å²) in [5.74, 6) is 1.34. The Balaban J connectivity index is 1.37. The lowest BCUT2D eigenvalue weighted by atomic mass is 9.60. The number of rotatable bonds is 5. The van der Waals surface area contributed by atoms with Crippen molar-refractivity contribution in [2.45, 2.75) is 72.2 Å². The van der Waals surface area contributed by atoms with Gasteiger partial charge in [-0.2, -0.15) is 4.98 Å². The Kier molecular flexibility index (Phi) is 5.37. The second-order valence-electron chi connectivity index (χ2n) is 10.3. The second-order valence-corrected chi connectivity index (χ2v) is 10.3. The third-order valence-electron chi connectivity index (χ3n) is 6.21. The Labute approximate surface area is 177 Å². The summed E-state index contributed by atoms with van der Waals surface area (Å²) in [6.45, 7) is 9.49. The molecule has 5 nitrogen and oxygen atoms in total. The largest absolute Gasteiger partial charge is 0.490 e. The first-order valence-electron chi connectivity index (χ1n) is 10.7. The topological polar surface area (TPSA) is 53.4 Å². The van der Waals surface area contributed by atoms with Crippen LogP contribution in [0.2, 0.25) is 0 Å². The standard InChI is InChI=1S/C24H31FN2O3/c1-23(2)10-17(11-24(3,4)15-23)16-5-7-19(8-6-16)29-14-20-13-27-18(12-25)9-21(28)26-22(27)30-20/h5-9,17,20H,10-15H2,1-4H3/t20-/m0/s1. The molecule has 30 heavy (non-hydrogen) atoms. The van der Waals surface area contributed by atoms with Gasteiger partial charge >= 0.3 is 6.01 Å². The van der Waals surface area contributed by atoms with Gasteiger partial charge in [0.05, 0.1) is 12.2 Å². The SMILES string of the molecule is CC1(C)CC(c2ccc(OC[C@@H]3Cn4c(CF)cc(=O)nc4O3)cc2)CC(C)(C)C1. The van der Waals surface area contributed by atoms with Gasteiger partial charge in [-0.15, -0.1) is 0 Å². The van der Waals surface area contributed by atoms with Crippen LogP contribution in [0.1, 0.15) is 64.1 Å². The van der Waals surface area contributed by atoms with Crippen LogP contribution in [-0.4, -0.2) is 22.3 Å². The Morgan fingerprint density at radius 2 is 1.83 bits per heavy atom. The van der Waals surface area contributed by atoms with Gasteiger partial charge in [0.1, 0.15) is 19.0 Å². The molecule has 1 aliphatic heterocycles. The van der Waals surface area contributed by atoms with E-state index in [9.17, 15) is 9.18 Å². The molecule has 1 aromatic carbocycles. The molecule has 6 heteroatoms. The van der Waals surface area contributed by atoms with E-state index in [1.54, 1.807) is 4.57 Å². The van der Waals surface area contributed by atoms with E-state index in [2.05, 4.69) is 44.8 Å². The zero-order chi connectivity index (χ0) is 21.5. The fourth-order valence-corrected chi connectivity index (χ4v) is 5.51. The van der Waals surface area contributed by atoms with Crippen LogP contribution in [0.25, 0.3) is 0 Å². The van der Waals surface area contributed by atoms with Crippen molar-refractivity contribution < 1.29 is 13.9 Å². The smallest absolute Gasteiger partial charge is 0.300 e. The van der Waals surface area contributed by atoms with Crippen LogP contribution < -0.4 is 15.0 Å². The lowest BCUT2D eigenvalue weighted by molar-refractivity contribution is 0.0968. The lowest BCUT2D eigenvalue weighted by Gasteiger charge is -2.45. The summed E-state index contributed by atoms with van der Waals surface area (Å²) in [5.41, 5.74) is 1.87. The lowest BCUT2D eigenvalue weighted by Crippen LogP contribution is -2.32. The van der Waals surface area contributed by atoms with Gasteiger partial charge < -0.3 is 9.47 Å². The van der Waals surface area contributed by atoms with Crippen molar-refractivity contribution in [3.63, 3.8) is 0 Å². The highest BCUT2D eigenvalue weighted by atomic mass is 19.1. The maximum Gasteiger partial charge on any atom is 0.300 e. The third kappa shape index (κ3) is 4.52. The number of nitrogens with zero attached hydrogens (tertiary/aromatic N) is 2. The summed E-state index contributed by atoms with van der Waals surface area (Å²) >= 11 is 0. The van der Waals surface area contributed by atoms with Gasteiger partial charge in [0, 0.05) is 6.07 Å². The molecule has 1 saturated carbocycles. The molecule has 1 aromatic heterocycles. The minimum atomic E-state index is -0.724. The molecule has 0 unspecified atom stereocenters. The van der Waals surface area contributed by atoms with E-state index in [1.165, 1.54) is 30.9 Å². The molecule has 2 aromatic rings. The molecule has 0 radical (unpaired) electrons. The predicted molar refractivity (Wildman–Crippen MR) is 114 cm³/mol. The molecular weight excluding hydrogens is 383 g/mol. The molecule has 162 valence electrons. The van der Waals surface area contributed by atoms with Gasteiger partial charge in [0.15, 0.2) is 6.10 Å². The molecule has 0 N–H and O–H groups in total. The molecule has 1 atom stereocenters. The zero-order valence-corrected chi connectivity index (χ0v) is 18.3. The molecule has 0 saturated heterocycles. The van der Waals surface area contributed by atoms with E-state index < -0.39 is 12.2 Å². The van der Waals surface area contributed by atoms with E-state index in [4.69, 9.17) is 9.47 Å². The van der Waals surface area contributed by atoms with Gasteiger partial charge in [-0.25, -0.2) is 4.39 Å². The summed E-state index contributed by atoms with van der Waals surface area (Å²) in [6, 6.07) is 9.75. The van der Waals surface area contributed by atoms with Crippen molar-refractivity contribution in [1.29, 1.82) is 0 Å². The van der Waals surface area contributed by atoms with Gasteiger partial charge in [0.2, 0.25) is 0 Å². The number of hydrogen-bond donors (Lipinski definition) is 0. The van der Waals surface area contributed by atoms with Crippen molar-refractivity contribution in [1.82, 2.24) is 9.55 Å². The molecule has 2 heterocycles. The Morgan fingerprint density at radius 3 is 2.47 bits per heavy atom. The van der Waals surface area contributed by atoms with Gasteiger partial charge in [0.25, 0.3) is 5.56 Å². The highest BCUT2D eigenvalue weighted by Crippen LogP contribution is 2.51.